The molecular weight excluding hydrogens is 546 g/mol. The monoisotopic (exact) mass is 577 g/mol. The van der Waals surface area contributed by atoms with Crippen LogP contribution in [0, 0.1) is 5.41 Å². The zero-order valence-electron chi connectivity index (χ0n) is 22.8. The average molecular weight is 578 g/mol. The first kappa shape index (κ1) is 30.8. The molecule has 2 aromatic heterocycles. The number of benzene rings is 2. The molecule has 0 saturated heterocycles. The molecule has 0 spiro atoms. The molecule has 0 bridgehead atoms. The van der Waals surface area contributed by atoms with Crippen molar-refractivity contribution in [2.45, 2.75) is 26.2 Å². The van der Waals surface area contributed by atoms with Gasteiger partial charge in [-0.1, -0.05) is 30.3 Å². The fourth-order valence-corrected chi connectivity index (χ4v) is 4.31. The van der Waals surface area contributed by atoms with Crippen LogP contribution in [0.3, 0.4) is 0 Å². The Balaban J connectivity index is 0.00000462. The molecule has 0 aliphatic heterocycles. The number of pyridine rings is 1. The van der Waals surface area contributed by atoms with Gasteiger partial charge >= 0.3 is 12.1 Å². The van der Waals surface area contributed by atoms with Crippen LogP contribution in [-0.2, 0) is 23.0 Å². The highest BCUT2D eigenvalue weighted by Crippen LogP contribution is 2.28. The minimum atomic E-state index is -0.708. The summed E-state index contributed by atoms with van der Waals surface area (Å²) >= 11 is 0. The highest BCUT2D eigenvalue weighted by atomic mass is 35.5. The van der Waals surface area contributed by atoms with E-state index in [1.807, 2.05) is 23.7 Å². The summed E-state index contributed by atoms with van der Waals surface area (Å²) in [5.41, 5.74) is 8.46. The van der Waals surface area contributed by atoms with Crippen molar-refractivity contribution in [2.24, 2.45) is 12.8 Å². The molecule has 214 valence electrons. The normalized spacial score (nSPS) is 10.5. The predicted molar refractivity (Wildman–Crippen MR) is 159 cm³/mol. The third-order valence-electron chi connectivity index (χ3n) is 6.36. The number of rotatable bonds is 11. The zero-order valence-corrected chi connectivity index (χ0v) is 23.6. The first-order valence-electron chi connectivity index (χ1n) is 12.9. The summed E-state index contributed by atoms with van der Waals surface area (Å²) in [6.45, 7) is 1.99. The number of ether oxygens (including phenoxy) is 2. The molecule has 10 nitrogen and oxygen atoms in total. The quantitative estimate of drug-likeness (QED) is 0.110. The molecule has 0 fully saturated rings. The SMILES string of the molecule is CCOC(=O)CCN(C(=O)Oc1ccc2c(c1)c(C(=O)CCc1ccc(C(=N)N)cc1)cn2C)c1ccccn1.Cl. The number of fused-ring (bicyclic) bond motifs is 1. The molecule has 0 atom stereocenters. The Morgan fingerprint density at radius 3 is 2.46 bits per heavy atom. The molecule has 0 aliphatic carbocycles. The maximum Gasteiger partial charge on any atom is 0.420 e. The molecule has 1 amide bonds. The molecule has 41 heavy (non-hydrogen) atoms. The number of nitrogens with zero attached hydrogens (tertiary/aromatic N) is 3. The number of carbonyl (C=O) groups excluding carboxylic acids is 3. The summed E-state index contributed by atoms with van der Waals surface area (Å²) in [5.74, 6) is 0.116. The number of Topliss-reactive ketones (excluding diaryl/α,β-unsaturated/α-hetero) is 1. The van der Waals surface area contributed by atoms with E-state index in [9.17, 15) is 14.4 Å². The molecule has 4 rings (SSSR count). The van der Waals surface area contributed by atoms with Crippen LogP contribution in [0.1, 0.15) is 41.3 Å². The summed E-state index contributed by atoms with van der Waals surface area (Å²) in [6.07, 6.45) is 3.40. The van der Waals surface area contributed by atoms with E-state index in [4.69, 9.17) is 20.6 Å². The van der Waals surface area contributed by atoms with Crippen LogP contribution in [0.15, 0.2) is 73.1 Å². The highest BCUT2D eigenvalue weighted by molar-refractivity contribution is 6.08. The van der Waals surface area contributed by atoms with Crippen LogP contribution in [0.4, 0.5) is 10.6 Å². The van der Waals surface area contributed by atoms with Crippen LogP contribution in [0.25, 0.3) is 10.9 Å². The third kappa shape index (κ3) is 7.70. The third-order valence-corrected chi connectivity index (χ3v) is 6.36. The van der Waals surface area contributed by atoms with Gasteiger partial charge in [-0.15, -0.1) is 12.4 Å². The van der Waals surface area contributed by atoms with Gasteiger partial charge in [-0.2, -0.15) is 0 Å². The van der Waals surface area contributed by atoms with Gasteiger partial charge in [0.25, 0.3) is 0 Å². The van der Waals surface area contributed by atoms with E-state index in [1.165, 1.54) is 4.90 Å². The second-order valence-corrected chi connectivity index (χ2v) is 9.13. The molecule has 0 saturated carbocycles. The molecular formula is C30H32ClN5O5. The Bertz CT molecular complexity index is 1540. The molecule has 0 unspecified atom stereocenters. The van der Waals surface area contributed by atoms with E-state index in [0.717, 1.165) is 11.1 Å². The minimum absolute atomic E-state index is 0. The Morgan fingerprint density at radius 1 is 1.05 bits per heavy atom. The van der Waals surface area contributed by atoms with Crippen molar-refractivity contribution in [3.05, 3.63) is 89.7 Å². The number of anilines is 1. The number of nitrogens with one attached hydrogen (secondary N) is 1. The standard InChI is InChI=1S/C30H31N5O5.ClH/c1-3-39-28(37)15-17-35(27-6-4-5-16-33-27)30(38)40-22-12-13-25-23(18-22)24(19-34(25)2)26(36)14-9-20-7-10-21(11-8-20)29(31)32;/h4-8,10-13,16,18-19H,3,9,14-15,17H2,1-2H3,(H3,31,32);1H. The number of ketones is 1. The van der Waals surface area contributed by atoms with Gasteiger partial charge in [-0.25, -0.2) is 9.78 Å². The van der Waals surface area contributed by atoms with E-state index in [1.54, 1.807) is 67.8 Å². The minimum Gasteiger partial charge on any atom is -0.466 e. The lowest BCUT2D eigenvalue weighted by Gasteiger charge is -2.20. The summed E-state index contributed by atoms with van der Waals surface area (Å²) in [5, 5.41) is 8.18. The van der Waals surface area contributed by atoms with E-state index >= 15 is 0 Å². The number of carbonyl (C=O) groups is 3. The molecule has 3 N–H and O–H groups in total. The summed E-state index contributed by atoms with van der Waals surface area (Å²) in [6, 6.07) is 17.5. The molecule has 2 heterocycles. The van der Waals surface area contributed by atoms with Crippen molar-refractivity contribution in [1.29, 1.82) is 5.41 Å². The van der Waals surface area contributed by atoms with Crippen molar-refractivity contribution in [1.82, 2.24) is 9.55 Å². The molecule has 4 aromatic rings. The fourth-order valence-electron chi connectivity index (χ4n) is 4.31. The number of hydrogen-bond acceptors (Lipinski definition) is 7. The fraction of sp³-hybridized carbons (Fsp3) is 0.233. The van der Waals surface area contributed by atoms with Gasteiger partial charge in [-0.3, -0.25) is 19.9 Å². The zero-order chi connectivity index (χ0) is 28.6. The van der Waals surface area contributed by atoms with Gasteiger partial charge in [-0.05, 0) is 49.2 Å². The van der Waals surface area contributed by atoms with Crippen LogP contribution < -0.4 is 15.4 Å². The van der Waals surface area contributed by atoms with Gasteiger partial charge in [0.15, 0.2) is 5.78 Å². The lowest BCUT2D eigenvalue weighted by molar-refractivity contribution is -0.142. The van der Waals surface area contributed by atoms with Crippen LogP contribution >= 0.6 is 12.4 Å². The number of nitrogen functional groups attached to an aromatic ring is 1. The number of nitrogens with two attached hydrogens (primary N) is 1. The average Bonchev–Trinajstić information content (AvgIpc) is 3.28. The highest BCUT2D eigenvalue weighted by Gasteiger charge is 2.22. The maximum absolute atomic E-state index is 13.2. The topological polar surface area (TPSA) is 141 Å². The second-order valence-electron chi connectivity index (χ2n) is 9.13. The number of amides is 1. The molecule has 11 heteroatoms. The van der Waals surface area contributed by atoms with E-state index in [0.29, 0.717) is 28.8 Å². The Kier molecular flexibility index (Phi) is 10.6. The van der Waals surface area contributed by atoms with Crippen LogP contribution in [-0.4, -0.2) is 46.4 Å². The smallest absolute Gasteiger partial charge is 0.420 e. The number of esters is 1. The Hall–Kier alpha value is -4.70. The predicted octanol–water partition coefficient (Wildman–Crippen LogP) is 5.05. The van der Waals surface area contributed by atoms with E-state index < -0.39 is 12.1 Å². The van der Waals surface area contributed by atoms with Crippen molar-refractivity contribution < 1.29 is 23.9 Å². The van der Waals surface area contributed by atoms with Crippen molar-refractivity contribution in [2.75, 3.05) is 18.1 Å². The Morgan fingerprint density at radius 2 is 1.80 bits per heavy atom. The lowest BCUT2D eigenvalue weighted by atomic mass is 10.0. The van der Waals surface area contributed by atoms with E-state index in [-0.39, 0.29) is 55.8 Å². The van der Waals surface area contributed by atoms with E-state index in [2.05, 4.69) is 4.98 Å². The van der Waals surface area contributed by atoms with Crippen molar-refractivity contribution in [3.8, 4) is 5.75 Å². The number of aromatic nitrogens is 2. The number of hydrogen-bond donors (Lipinski definition) is 2. The molecule has 0 aliphatic rings. The Labute approximate surface area is 244 Å². The van der Waals surface area contributed by atoms with Gasteiger partial charge in [0, 0.05) is 54.4 Å². The van der Waals surface area contributed by atoms with Crippen molar-refractivity contribution >= 4 is 52.8 Å². The van der Waals surface area contributed by atoms with Gasteiger partial charge in [0.2, 0.25) is 0 Å². The largest absolute Gasteiger partial charge is 0.466 e. The summed E-state index contributed by atoms with van der Waals surface area (Å²) in [4.78, 5) is 43.8. The van der Waals surface area contributed by atoms with Gasteiger partial charge in [0.1, 0.15) is 17.4 Å². The molecule has 2 aromatic carbocycles. The number of amidine groups is 1. The van der Waals surface area contributed by atoms with Crippen LogP contribution in [0.5, 0.6) is 5.75 Å². The van der Waals surface area contributed by atoms with Crippen LogP contribution in [0.2, 0.25) is 0 Å². The summed E-state index contributed by atoms with van der Waals surface area (Å²) < 4.78 is 12.5. The van der Waals surface area contributed by atoms with Crippen molar-refractivity contribution in [3.63, 3.8) is 0 Å². The first-order valence-corrected chi connectivity index (χ1v) is 12.9. The molecule has 0 radical (unpaired) electrons. The van der Waals surface area contributed by atoms with Gasteiger partial charge in [0.05, 0.1) is 13.0 Å². The maximum atomic E-state index is 13.2. The first-order chi connectivity index (χ1) is 19.3. The second kappa shape index (κ2) is 14.1. The number of aryl methyl sites for hydroxylation is 2. The van der Waals surface area contributed by atoms with Gasteiger partial charge < -0.3 is 19.8 Å². The summed E-state index contributed by atoms with van der Waals surface area (Å²) in [7, 11) is 1.85. The number of halogens is 1. The lowest BCUT2D eigenvalue weighted by Crippen LogP contribution is -2.36.